The molecule has 0 aliphatic heterocycles. The molecule has 2 aliphatic rings. The summed E-state index contributed by atoms with van der Waals surface area (Å²) >= 11 is 0. The summed E-state index contributed by atoms with van der Waals surface area (Å²) in [5.41, 5.74) is -0.169. The molecule has 2 fully saturated rings. The second kappa shape index (κ2) is 10.7. The molecule has 8 nitrogen and oxygen atoms in total. The van der Waals surface area contributed by atoms with Gasteiger partial charge < -0.3 is 18.9 Å². The van der Waals surface area contributed by atoms with Crippen LogP contribution < -0.4 is 0 Å². The van der Waals surface area contributed by atoms with Gasteiger partial charge in [0.25, 0.3) is 0 Å². The van der Waals surface area contributed by atoms with E-state index in [1.807, 2.05) is 0 Å². The molecule has 150 valence electrons. The molecule has 0 atom stereocenters. The fourth-order valence-electron chi connectivity index (χ4n) is 3.12. The fraction of sp³-hybridized carbons (Fsp3) is 0.684. The predicted molar refractivity (Wildman–Crippen MR) is 92.4 cm³/mol. The molecule has 0 spiro atoms. The van der Waals surface area contributed by atoms with E-state index in [0.29, 0.717) is 0 Å². The third-order valence-corrected chi connectivity index (χ3v) is 4.52. The average molecular weight is 382 g/mol. The van der Waals surface area contributed by atoms with Crippen LogP contribution in [0.5, 0.6) is 0 Å². The molecule has 2 aliphatic carbocycles. The molecule has 2 saturated carbocycles. The van der Waals surface area contributed by atoms with Crippen LogP contribution >= 0.6 is 0 Å². The summed E-state index contributed by atoms with van der Waals surface area (Å²) in [6.07, 6.45) is 6.72. The van der Waals surface area contributed by atoms with Gasteiger partial charge in [0.2, 0.25) is 0 Å². The van der Waals surface area contributed by atoms with Gasteiger partial charge in [0.15, 0.2) is 13.2 Å². The Morgan fingerprint density at radius 3 is 1.63 bits per heavy atom. The summed E-state index contributed by atoms with van der Waals surface area (Å²) in [6, 6.07) is 0. The van der Waals surface area contributed by atoms with Gasteiger partial charge in [-0.1, -0.05) is 6.58 Å². The minimum atomic E-state index is -0.885. The Balaban J connectivity index is 1.58. The first-order valence-corrected chi connectivity index (χ1v) is 9.33. The summed E-state index contributed by atoms with van der Waals surface area (Å²) < 4.78 is 19.9. The van der Waals surface area contributed by atoms with E-state index in [1.165, 1.54) is 0 Å². The SMILES string of the molecule is C=C(CC(=O)OCC(=O)OC1CCCC1)C(=O)OCC(=O)OC1CCCC1. The predicted octanol–water partition coefficient (Wildman–Crippen LogP) is 1.99. The van der Waals surface area contributed by atoms with Gasteiger partial charge in [0, 0.05) is 5.57 Å². The van der Waals surface area contributed by atoms with Crippen LogP contribution in [0.15, 0.2) is 12.2 Å². The van der Waals surface area contributed by atoms with Gasteiger partial charge in [0.1, 0.15) is 12.2 Å². The lowest BCUT2D eigenvalue weighted by Crippen LogP contribution is -2.23. The molecule has 0 aromatic carbocycles. The first kappa shape index (κ1) is 20.9. The minimum absolute atomic E-state index is 0.106. The molecule has 0 unspecified atom stereocenters. The Morgan fingerprint density at radius 2 is 1.15 bits per heavy atom. The van der Waals surface area contributed by atoms with Crippen LogP contribution in [-0.4, -0.2) is 49.3 Å². The topological polar surface area (TPSA) is 105 Å². The Morgan fingerprint density at radius 1 is 0.704 bits per heavy atom. The zero-order valence-corrected chi connectivity index (χ0v) is 15.4. The molecule has 8 heteroatoms. The molecule has 0 aromatic rings. The van der Waals surface area contributed by atoms with E-state index in [1.54, 1.807) is 0 Å². The highest BCUT2D eigenvalue weighted by Gasteiger charge is 2.22. The van der Waals surface area contributed by atoms with Gasteiger partial charge >= 0.3 is 23.9 Å². The van der Waals surface area contributed by atoms with Crippen LogP contribution in [-0.2, 0) is 38.1 Å². The van der Waals surface area contributed by atoms with E-state index in [4.69, 9.17) is 18.9 Å². The number of carbonyl (C=O) groups excluding carboxylic acids is 4. The lowest BCUT2D eigenvalue weighted by Gasteiger charge is -2.12. The Hall–Kier alpha value is -2.38. The lowest BCUT2D eigenvalue weighted by molar-refractivity contribution is -0.162. The molecular weight excluding hydrogens is 356 g/mol. The van der Waals surface area contributed by atoms with Gasteiger partial charge in [-0.3, -0.25) is 4.79 Å². The standard InChI is InChI=1S/C19H26O8/c1-13(19(23)25-12-18(22)27-15-8-4-5-9-15)10-16(20)24-11-17(21)26-14-6-2-3-7-14/h14-15H,1-12H2. The summed E-state index contributed by atoms with van der Waals surface area (Å²) in [6.45, 7) is 2.40. The van der Waals surface area contributed by atoms with Gasteiger partial charge in [-0.2, -0.15) is 0 Å². The highest BCUT2D eigenvalue weighted by Crippen LogP contribution is 2.21. The van der Waals surface area contributed by atoms with E-state index in [0.717, 1.165) is 51.4 Å². The molecule has 0 amide bonds. The van der Waals surface area contributed by atoms with Crippen molar-refractivity contribution in [3.05, 3.63) is 12.2 Å². The fourth-order valence-corrected chi connectivity index (χ4v) is 3.12. The summed E-state index contributed by atoms with van der Waals surface area (Å²) in [5, 5.41) is 0. The third kappa shape index (κ3) is 7.80. The largest absolute Gasteiger partial charge is 0.460 e. The second-order valence-corrected chi connectivity index (χ2v) is 6.81. The van der Waals surface area contributed by atoms with Gasteiger partial charge in [-0.25, -0.2) is 14.4 Å². The van der Waals surface area contributed by atoms with Crippen molar-refractivity contribution >= 4 is 23.9 Å². The van der Waals surface area contributed by atoms with E-state index in [2.05, 4.69) is 6.58 Å². The number of hydrogen-bond donors (Lipinski definition) is 0. The van der Waals surface area contributed by atoms with Crippen molar-refractivity contribution in [2.45, 2.75) is 70.0 Å². The van der Waals surface area contributed by atoms with Gasteiger partial charge in [-0.15, -0.1) is 0 Å². The molecule has 0 heterocycles. The van der Waals surface area contributed by atoms with Crippen LogP contribution in [0.3, 0.4) is 0 Å². The lowest BCUT2D eigenvalue weighted by atomic mass is 10.2. The smallest absolute Gasteiger partial charge is 0.344 e. The van der Waals surface area contributed by atoms with Crippen molar-refractivity contribution < 1.29 is 38.1 Å². The summed E-state index contributed by atoms with van der Waals surface area (Å²) in [7, 11) is 0. The minimum Gasteiger partial charge on any atom is -0.460 e. The first-order valence-electron chi connectivity index (χ1n) is 9.33. The maximum Gasteiger partial charge on any atom is 0.344 e. The summed E-state index contributed by atoms with van der Waals surface area (Å²) in [4.78, 5) is 46.6. The van der Waals surface area contributed by atoms with Crippen molar-refractivity contribution in [3.8, 4) is 0 Å². The Bertz CT molecular complexity index is 570. The van der Waals surface area contributed by atoms with Gasteiger partial charge in [0.05, 0.1) is 6.42 Å². The molecule has 0 aromatic heterocycles. The maximum atomic E-state index is 11.8. The summed E-state index contributed by atoms with van der Waals surface area (Å²) in [5.74, 6) is -2.92. The quantitative estimate of drug-likeness (QED) is 0.339. The number of rotatable bonds is 9. The first-order chi connectivity index (χ1) is 12.9. The van der Waals surface area contributed by atoms with Crippen molar-refractivity contribution in [3.63, 3.8) is 0 Å². The van der Waals surface area contributed by atoms with Crippen LogP contribution in [0.1, 0.15) is 57.8 Å². The zero-order chi connectivity index (χ0) is 19.6. The molecule has 2 rings (SSSR count). The van der Waals surface area contributed by atoms with E-state index >= 15 is 0 Å². The number of hydrogen-bond acceptors (Lipinski definition) is 8. The van der Waals surface area contributed by atoms with Gasteiger partial charge in [-0.05, 0) is 51.4 Å². The van der Waals surface area contributed by atoms with Crippen molar-refractivity contribution in [2.75, 3.05) is 13.2 Å². The molecule has 27 heavy (non-hydrogen) atoms. The van der Waals surface area contributed by atoms with Crippen LogP contribution in [0.2, 0.25) is 0 Å². The van der Waals surface area contributed by atoms with E-state index < -0.39 is 43.5 Å². The van der Waals surface area contributed by atoms with Crippen LogP contribution in [0.4, 0.5) is 0 Å². The second-order valence-electron chi connectivity index (χ2n) is 6.81. The monoisotopic (exact) mass is 382 g/mol. The Labute approximate surface area is 158 Å². The average Bonchev–Trinajstić information content (AvgIpc) is 3.32. The van der Waals surface area contributed by atoms with Crippen LogP contribution in [0, 0.1) is 0 Å². The normalized spacial score (nSPS) is 17.3. The van der Waals surface area contributed by atoms with Crippen molar-refractivity contribution in [2.24, 2.45) is 0 Å². The van der Waals surface area contributed by atoms with Crippen LogP contribution in [0.25, 0.3) is 0 Å². The third-order valence-electron chi connectivity index (χ3n) is 4.52. The van der Waals surface area contributed by atoms with E-state index in [9.17, 15) is 19.2 Å². The molecule has 0 N–H and O–H groups in total. The Kier molecular flexibility index (Phi) is 8.29. The number of esters is 4. The highest BCUT2D eigenvalue weighted by molar-refractivity contribution is 5.94. The maximum absolute atomic E-state index is 11.8. The molecule has 0 radical (unpaired) electrons. The molecule has 0 saturated heterocycles. The molecular formula is C19H26O8. The zero-order valence-electron chi connectivity index (χ0n) is 15.4. The number of carbonyl (C=O) groups is 4. The van der Waals surface area contributed by atoms with E-state index in [-0.39, 0.29) is 17.8 Å². The number of ether oxygens (including phenoxy) is 4. The highest BCUT2D eigenvalue weighted by atomic mass is 16.6. The molecule has 0 bridgehead atoms. The van der Waals surface area contributed by atoms with Crippen molar-refractivity contribution in [1.82, 2.24) is 0 Å². The van der Waals surface area contributed by atoms with Crippen molar-refractivity contribution in [1.29, 1.82) is 0 Å².